The Morgan fingerprint density at radius 2 is 2.15 bits per heavy atom. The molecular weight excluding hydrogens is 233 g/mol. The lowest BCUT2D eigenvalue weighted by Crippen LogP contribution is -2.02. The third kappa shape index (κ3) is 1.36. The van der Waals surface area contributed by atoms with E-state index in [2.05, 4.69) is 22.0 Å². The van der Waals surface area contributed by atoms with Crippen molar-refractivity contribution in [1.29, 1.82) is 5.26 Å². The summed E-state index contributed by atoms with van der Waals surface area (Å²) in [5, 5.41) is 8.91. The number of benzene rings is 1. The Labute approximate surface area is 84.3 Å². The fraction of sp³-hybridized carbons (Fsp3) is 0.300. The highest BCUT2D eigenvalue weighted by Gasteiger charge is 2.44. The molecule has 13 heavy (non-hydrogen) atoms. The van der Waals surface area contributed by atoms with Gasteiger partial charge in [0, 0.05) is 0 Å². The van der Waals surface area contributed by atoms with E-state index in [9.17, 15) is 4.39 Å². The van der Waals surface area contributed by atoms with Crippen molar-refractivity contribution in [1.82, 2.24) is 0 Å². The van der Waals surface area contributed by atoms with Crippen LogP contribution in [0.5, 0.6) is 0 Å². The summed E-state index contributed by atoms with van der Waals surface area (Å²) in [6, 6.07) is 7.06. The number of rotatable bonds is 1. The van der Waals surface area contributed by atoms with Gasteiger partial charge < -0.3 is 0 Å². The van der Waals surface area contributed by atoms with Crippen molar-refractivity contribution in [3.05, 3.63) is 34.1 Å². The molecule has 0 amide bonds. The SMILES string of the molecule is N#CC1(c2ccc(F)c(Br)c2)CC1. The van der Waals surface area contributed by atoms with Gasteiger partial charge in [0.05, 0.1) is 16.0 Å². The van der Waals surface area contributed by atoms with Crippen molar-refractivity contribution in [2.45, 2.75) is 18.3 Å². The minimum atomic E-state index is -0.323. The van der Waals surface area contributed by atoms with Crippen molar-refractivity contribution in [2.75, 3.05) is 0 Å². The summed E-state index contributed by atoms with van der Waals surface area (Å²) in [5.74, 6) is -0.280. The second-order valence-corrected chi connectivity index (χ2v) is 4.18. The first kappa shape index (κ1) is 8.71. The van der Waals surface area contributed by atoms with Crippen molar-refractivity contribution in [3.63, 3.8) is 0 Å². The average molecular weight is 240 g/mol. The van der Waals surface area contributed by atoms with Crippen LogP contribution >= 0.6 is 15.9 Å². The number of hydrogen-bond acceptors (Lipinski definition) is 1. The molecule has 1 aliphatic carbocycles. The highest BCUT2D eigenvalue weighted by molar-refractivity contribution is 9.10. The molecule has 0 spiro atoms. The van der Waals surface area contributed by atoms with Crippen LogP contribution < -0.4 is 0 Å². The monoisotopic (exact) mass is 239 g/mol. The van der Waals surface area contributed by atoms with Gasteiger partial charge in [-0.05, 0) is 46.5 Å². The van der Waals surface area contributed by atoms with E-state index in [1.807, 2.05) is 0 Å². The first-order valence-electron chi connectivity index (χ1n) is 4.05. The van der Waals surface area contributed by atoms with E-state index in [1.54, 1.807) is 12.1 Å². The summed E-state index contributed by atoms with van der Waals surface area (Å²) in [4.78, 5) is 0. The second-order valence-electron chi connectivity index (χ2n) is 3.32. The Morgan fingerprint density at radius 3 is 2.62 bits per heavy atom. The molecule has 0 aliphatic heterocycles. The van der Waals surface area contributed by atoms with Crippen LogP contribution in [0.4, 0.5) is 4.39 Å². The van der Waals surface area contributed by atoms with Crippen LogP contribution in [-0.4, -0.2) is 0 Å². The van der Waals surface area contributed by atoms with Gasteiger partial charge in [0.15, 0.2) is 0 Å². The lowest BCUT2D eigenvalue weighted by Gasteiger charge is -2.06. The summed E-state index contributed by atoms with van der Waals surface area (Å²) < 4.78 is 13.3. The van der Waals surface area contributed by atoms with Crippen LogP contribution in [0.25, 0.3) is 0 Å². The number of halogens is 2. The zero-order valence-corrected chi connectivity index (χ0v) is 8.44. The molecule has 1 aliphatic rings. The molecule has 0 heterocycles. The smallest absolute Gasteiger partial charge is 0.137 e. The molecule has 66 valence electrons. The van der Waals surface area contributed by atoms with E-state index in [-0.39, 0.29) is 11.2 Å². The van der Waals surface area contributed by atoms with Gasteiger partial charge in [-0.25, -0.2) is 4.39 Å². The van der Waals surface area contributed by atoms with Crippen LogP contribution in [0.3, 0.4) is 0 Å². The molecule has 2 rings (SSSR count). The van der Waals surface area contributed by atoms with Crippen LogP contribution in [0.1, 0.15) is 18.4 Å². The highest BCUT2D eigenvalue weighted by Crippen LogP contribution is 2.48. The quantitative estimate of drug-likeness (QED) is 0.739. The Hall–Kier alpha value is -0.880. The van der Waals surface area contributed by atoms with Gasteiger partial charge in [-0.1, -0.05) is 6.07 Å². The summed E-state index contributed by atoms with van der Waals surface area (Å²) in [7, 11) is 0. The highest BCUT2D eigenvalue weighted by atomic mass is 79.9. The van der Waals surface area contributed by atoms with E-state index < -0.39 is 0 Å². The number of nitriles is 1. The van der Waals surface area contributed by atoms with Gasteiger partial charge >= 0.3 is 0 Å². The van der Waals surface area contributed by atoms with E-state index in [0.717, 1.165) is 18.4 Å². The minimum Gasteiger partial charge on any atom is -0.206 e. The van der Waals surface area contributed by atoms with Gasteiger partial charge in [-0.15, -0.1) is 0 Å². The van der Waals surface area contributed by atoms with Crippen LogP contribution in [-0.2, 0) is 5.41 Å². The molecule has 1 fully saturated rings. The van der Waals surface area contributed by atoms with Crippen molar-refractivity contribution in [3.8, 4) is 6.07 Å². The fourth-order valence-corrected chi connectivity index (χ4v) is 1.76. The molecule has 0 saturated heterocycles. The summed E-state index contributed by atoms with van der Waals surface area (Å²) >= 11 is 3.11. The maximum absolute atomic E-state index is 12.9. The second kappa shape index (κ2) is 2.81. The largest absolute Gasteiger partial charge is 0.206 e. The van der Waals surface area contributed by atoms with E-state index >= 15 is 0 Å². The van der Waals surface area contributed by atoms with Crippen molar-refractivity contribution in [2.24, 2.45) is 0 Å². The van der Waals surface area contributed by atoms with Gasteiger partial charge in [-0.2, -0.15) is 5.26 Å². The van der Waals surface area contributed by atoms with Crippen LogP contribution in [0.15, 0.2) is 22.7 Å². The Bertz CT molecular complexity index is 390. The lowest BCUT2D eigenvalue weighted by molar-refractivity contribution is 0.619. The molecule has 0 unspecified atom stereocenters. The summed E-state index contributed by atoms with van der Waals surface area (Å²) in [6.07, 6.45) is 1.78. The van der Waals surface area contributed by atoms with Crippen LogP contribution in [0, 0.1) is 17.1 Å². The molecule has 0 atom stereocenters. The number of hydrogen-bond donors (Lipinski definition) is 0. The molecule has 0 radical (unpaired) electrons. The predicted molar refractivity (Wildman–Crippen MR) is 50.6 cm³/mol. The topological polar surface area (TPSA) is 23.8 Å². The normalized spacial score (nSPS) is 17.9. The van der Waals surface area contributed by atoms with Crippen LogP contribution in [0.2, 0.25) is 0 Å². The maximum atomic E-state index is 12.9. The van der Waals surface area contributed by atoms with Gasteiger partial charge in [0.25, 0.3) is 0 Å². The van der Waals surface area contributed by atoms with E-state index in [0.29, 0.717) is 4.47 Å². The molecule has 0 N–H and O–H groups in total. The maximum Gasteiger partial charge on any atom is 0.137 e. The summed E-state index contributed by atoms with van der Waals surface area (Å²) in [5.41, 5.74) is 0.597. The minimum absolute atomic E-state index is 0.280. The Balaban J connectivity index is 2.44. The summed E-state index contributed by atoms with van der Waals surface area (Å²) in [6.45, 7) is 0. The van der Waals surface area contributed by atoms with Gasteiger partial charge in [0.2, 0.25) is 0 Å². The molecule has 1 nitrogen and oxygen atoms in total. The third-order valence-electron chi connectivity index (χ3n) is 2.44. The molecule has 1 aromatic carbocycles. The Morgan fingerprint density at radius 1 is 1.46 bits per heavy atom. The predicted octanol–water partition coefficient (Wildman–Crippen LogP) is 3.14. The zero-order chi connectivity index (χ0) is 9.47. The first-order chi connectivity index (χ1) is 6.18. The zero-order valence-electron chi connectivity index (χ0n) is 6.85. The molecule has 0 aromatic heterocycles. The van der Waals surface area contributed by atoms with Gasteiger partial charge in [-0.3, -0.25) is 0 Å². The average Bonchev–Trinajstić information content (AvgIpc) is 2.90. The molecule has 0 bridgehead atoms. The van der Waals surface area contributed by atoms with Crippen molar-refractivity contribution >= 4 is 15.9 Å². The molecule has 1 saturated carbocycles. The standard InChI is InChI=1S/C10H7BrFN/c11-8-5-7(1-2-9(8)12)10(6-13)3-4-10/h1-2,5H,3-4H2. The third-order valence-corrected chi connectivity index (χ3v) is 3.04. The van der Waals surface area contributed by atoms with Gasteiger partial charge in [0.1, 0.15) is 5.82 Å². The Kier molecular flexibility index (Phi) is 1.88. The number of nitrogens with zero attached hydrogens (tertiary/aromatic N) is 1. The molecule has 3 heteroatoms. The first-order valence-corrected chi connectivity index (χ1v) is 4.84. The fourth-order valence-electron chi connectivity index (χ4n) is 1.38. The van der Waals surface area contributed by atoms with E-state index in [1.165, 1.54) is 6.07 Å². The van der Waals surface area contributed by atoms with E-state index in [4.69, 9.17) is 5.26 Å². The van der Waals surface area contributed by atoms with Crippen molar-refractivity contribution < 1.29 is 4.39 Å². The molecular formula is C10H7BrFN. The lowest BCUT2D eigenvalue weighted by atomic mass is 9.98. The molecule has 1 aromatic rings.